The predicted octanol–water partition coefficient (Wildman–Crippen LogP) is 5.48. The van der Waals surface area contributed by atoms with E-state index in [4.69, 9.17) is 19.2 Å². The fraction of sp³-hybridized carbons (Fsp3) is 0.414. The van der Waals surface area contributed by atoms with E-state index < -0.39 is 11.8 Å². The number of carbonyl (C=O) groups is 2. The molecule has 6 nitrogen and oxygen atoms in total. The van der Waals surface area contributed by atoms with Crippen molar-refractivity contribution < 1.29 is 23.8 Å². The maximum atomic E-state index is 13.7. The van der Waals surface area contributed by atoms with Crippen molar-refractivity contribution in [2.75, 3.05) is 20.8 Å². The molecule has 0 bridgehead atoms. The number of allylic oxidation sites excluding steroid dienone is 2. The van der Waals surface area contributed by atoms with Crippen LogP contribution in [0.4, 0.5) is 0 Å². The van der Waals surface area contributed by atoms with Gasteiger partial charge in [0.25, 0.3) is 0 Å². The van der Waals surface area contributed by atoms with Crippen LogP contribution in [0.1, 0.15) is 56.6 Å². The summed E-state index contributed by atoms with van der Waals surface area (Å²) in [7, 11) is 3.15. The Bertz CT molecular complexity index is 1160. The molecule has 1 unspecified atom stereocenters. The van der Waals surface area contributed by atoms with Crippen LogP contribution in [-0.2, 0) is 14.3 Å². The third kappa shape index (κ3) is 5.02. The molecule has 0 saturated carbocycles. The summed E-state index contributed by atoms with van der Waals surface area (Å²) in [6.45, 7) is 6.17. The number of ether oxygens (including phenoxy) is 3. The van der Waals surface area contributed by atoms with Gasteiger partial charge in [0.2, 0.25) is 0 Å². The summed E-state index contributed by atoms with van der Waals surface area (Å²) in [5.41, 5.74) is 3.98. The van der Waals surface area contributed by atoms with Crippen LogP contribution in [0.2, 0.25) is 0 Å². The van der Waals surface area contributed by atoms with Crippen molar-refractivity contribution in [3.8, 4) is 11.5 Å². The Morgan fingerprint density at radius 2 is 1.71 bits per heavy atom. The van der Waals surface area contributed by atoms with E-state index in [1.54, 1.807) is 14.2 Å². The number of methoxy groups -OCH3 is 2. The van der Waals surface area contributed by atoms with E-state index in [-0.39, 0.29) is 23.6 Å². The summed E-state index contributed by atoms with van der Waals surface area (Å²) in [4.78, 5) is 31.9. The van der Waals surface area contributed by atoms with E-state index in [2.05, 4.69) is 12.1 Å². The minimum atomic E-state index is -0.678. The summed E-state index contributed by atoms with van der Waals surface area (Å²) in [5, 5.41) is 0. The zero-order valence-electron chi connectivity index (χ0n) is 21.0. The number of hydrogen-bond donors (Lipinski definition) is 0. The quantitative estimate of drug-likeness (QED) is 0.496. The van der Waals surface area contributed by atoms with E-state index in [9.17, 15) is 9.59 Å². The second-order valence-electron chi connectivity index (χ2n) is 9.65. The fourth-order valence-electron chi connectivity index (χ4n) is 5.07. The molecule has 184 valence electrons. The molecule has 2 aromatic carbocycles. The maximum absolute atomic E-state index is 13.7. The largest absolute Gasteiger partial charge is 0.493 e. The molecule has 0 radical (unpaired) electrons. The Morgan fingerprint density at radius 1 is 1.00 bits per heavy atom. The first kappa shape index (κ1) is 24.7. The van der Waals surface area contributed by atoms with E-state index in [0.29, 0.717) is 42.2 Å². The van der Waals surface area contributed by atoms with Crippen molar-refractivity contribution >= 4 is 17.5 Å². The van der Waals surface area contributed by atoms with Crippen molar-refractivity contribution in [1.29, 1.82) is 0 Å². The third-order valence-electron chi connectivity index (χ3n) is 6.74. The van der Waals surface area contributed by atoms with Gasteiger partial charge in [-0.15, -0.1) is 0 Å². The number of esters is 1. The lowest BCUT2D eigenvalue weighted by atomic mass is 9.69. The Labute approximate surface area is 207 Å². The van der Waals surface area contributed by atoms with Gasteiger partial charge in [0.1, 0.15) is 5.92 Å². The Morgan fingerprint density at radius 3 is 2.37 bits per heavy atom. The summed E-state index contributed by atoms with van der Waals surface area (Å²) in [6, 6.07) is 15.6. The van der Waals surface area contributed by atoms with Gasteiger partial charge < -0.3 is 14.2 Å². The Kier molecular flexibility index (Phi) is 7.39. The highest BCUT2D eigenvalue weighted by Crippen LogP contribution is 2.48. The van der Waals surface area contributed by atoms with Crippen LogP contribution in [0.5, 0.6) is 11.5 Å². The van der Waals surface area contributed by atoms with Crippen molar-refractivity contribution in [3.05, 3.63) is 70.9 Å². The minimum Gasteiger partial charge on any atom is -0.493 e. The monoisotopic (exact) mass is 475 g/mol. The standard InChI is InChI=1S/C29H33NO5/c1-17(2)16-35-29(32)26-18(3)30-22-13-21(19-9-7-6-8-10-19)14-23(31)28(22)27(26)20-11-12-24(33-4)25(15-20)34-5/h6-12,15,17,21,26-27H,13-14,16H2,1-5H3/t21-,26?,27+/m1/s1. The van der Waals surface area contributed by atoms with Crippen molar-refractivity contribution in [2.24, 2.45) is 16.8 Å². The number of Topliss-reactive ketones (excluding diaryl/α,β-unsaturated/α-hetero) is 1. The molecule has 0 fully saturated rings. The highest BCUT2D eigenvalue weighted by Gasteiger charge is 2.45. The molecule has 1 aliphatic carbocycles. The van der Waals surface area contributed by atoms with Crippen LogP contribution in [0.3, 0.4) is 0 Å². The molecular formula is C29H33NO5. The van der Waals surface area contributed by atoms with E-state index in [1.807, 2.05) is 57.2 Å². The smallest absolute Gasteiger partial charge is 0.315 e. The molecule has 0 aromatic heterocycles. The first-order valence-electron chi connectivity index (χ1n) is 12.1. The maximum Gasteiger partial charge on any atom is 0.315 e. The topological polar surface area (TPSA) is 74.2 Å². The van der Waals surface area contributed by atoms with E-state index in [0.717, 1.165) is 16.8 Å². The lowest BCUT2D eigenvalue weighted by Crippen LogP contribution is -2.38. The fourth-order valence-corrected chi connectivity index (χ4v) is 5.07. The number of hydrogen-bond acceptors (Lipinski definition) is 6. The van der Waals surface area contributed by atoms with Crippen LogP contribution < -0.4 is 9.47 Å². The number of carbonyl (C=O) groups excluding carboxylic acids is 2. The number of rotatable bonds is 7. The highest BCUT2D eigenvalue weighted by atomic mass is 16.5. The molecule has 0 saturated heterocycles. The first-order chi connectivity index (χ1) is 16.8. The second-order valence-corrected chi connectivity index (χ2v) is 9.65. The van der Waals surface area contributed by atoms with Crippen LogP contribution in [-0.4, -0.2) is 38.3 Å². The normalized spacial score (nSPS) is 21.9. The molecule has 35 heavy (non-hydrogen) atoms. The third-order valence-corrected chi connectivity index (χ3v) is 6.74. The second kappa shape index (κ2) is 10.5. The van der Waals surface area contributed by atoms with Crippen LogP contribution in [0, 0.1) is 11.8 Å². The van der Waals surface area contributed by atoms with Gasteiger partial charge in [-0.1, -0.05) is 50.2 Å². The van der Waals surface area contributed by atoms with Crippen LogP contribution in [0.25, 0.3) is 0 Å². The molecule has 2 aromatic rings. The molecule has 0 spiro atoms. The molecule has 2 aliphatic rings. The van der Waals surface area contributed by atoms with E-state index >= 15 is 0 Å². The first-order valence-corrected chi connectivity index (χ1v) is 12.1. The van der Waals surface area contributed by atoms with Crippen molar-refractivity contribution in [2.45, 2.75) is 45.4 Å². The average molecular weight is 476 g/mol. The molecule has 4 rings (SSSR count). The summed E-state index contributed by atoms with van der Waals surface area (Å²) >= 11 is 0. The van der Waals surface area contributed by atoms with Gasteiger partial charge in [-0.3, -0.25) is 14.6 Å². The number of aliphatic imine (C=N–C) groups is 1. The van der Waals surface area contributed by atoms with Gasteiger partial charge in [-0.25, -0.2) is 0 Å². The van der Waals surface area contributed by atoms with Crippen LogP contribution >= 0.6 is 0 Å². The number of benzene rings is 2. The highest BCUT2D eigenvalue weighted by molar-refractivity contribution is 6.09. The SMILES string of the molecule is COc1ccc([C@@H]2C3=C(C[C@@H](c4ccccc4)CC3=O)N=C(C)C2C(=O)OCC(C)C)cc1OC. The minimum absolute atomic E-state index is 0.0257. The zero-order chi connectivity index (χ0) is 25.1. The van der Waals surface area contributed by atoms with Gasteiger partial charge >= 0.3 is 5.97 Å². The number of ketones is 1. The zero-order valence-corrected chi connectivity index (χ0v) is 21.0. The van der Waals surface area contributed by atoms with Gasteiger partial charge in [-0.2, -0.15) is 0 Å². The number of nitrogens with zero attached hydrogens (tertiary/aromatic N) is 1. The van der Waals surface area contributed by atoms with Crippen molar-refractivity contribution in [3.63, 3.8) is 0 Å². The summed E-state index contributed by atoms with van der Waals surface area (Å²) in [6.07, 6.45) is 1.04. The molecule has 6 heteroatoms. The Hall–Kier alpha value is -3.41. The summed E-state index contributed by atoms with van der Waals surface area (Å²) in [5.74, 6) is -0.0978. The average Bonchev–Trinajstić information content (AvgIpc) is 2.86. The molecule has 0 amide bonds. The van der Waals surface area contributed by atoms with Gasteiger partial charge in [0, 0.05) is 29.3 Å². The molecular weight excluding hydrogens is 442 g/mol. The van der Waals surface area contributed by atoms with Crippen molar-refractivity contribution in [1.82, 2.24) is 0 Å². The molecule has 1 heterocycles. The molecule has 1 aliphatic heterocycles. The Balaban J connectivity index is 1.80. The van der Waals surface area contributed by atoms with Gasteiger partial charge in [0.15, 0.2) is 17.3 Å². The van der Waals surface area contributed by atoms with Gasteiger partial charge in [0.05, 0.1) is 20.8 Å². The predicted molar refractivity (Wildman–Crippen MR) is 135 cm³/mol. The van der Waals surface area contributed by atoms with Crippen LogP contribution in [0.15, 0.2) is 64.8 Å². The van der Waals surface area contributed by atoms with Gasteiger partial charge in [-0.05, 0) is 48.4 Å². The lowest BCUT2D eigenvalue weighted by molar-refractivity contribution is -0.147. The lowest BCUT2D eigenvalue weighted by Gasteiger charge is -2.36. The van der Waals surface area contributed by atoms with E-state index in [1.165, 1.54) is 0 Å². The summed E-state index contributed by atoms with van der Waals surface area (Å²) < 4.78 is 16.6. The molecule has 0 N–H and O–H groups in total. The molecule has 3 atom stereocenters.